The van der Waals surface area contributed by atoms with Gasteiger partial charge in [-0.25, -0.2) is 0 Å². The second-order valence-corrected chi connectivity index (χ2v) is 5.27. The molecule has 0 radical (unpaired) electrons. The van der Waals surface area contributed by atoms with E-state index in [2.05, 4.69) is 10.2 Å². The topological polar surface area (TPSA) is 87.9 Å². The average Bonchev–Trinajstić information content (AvgIpc) is 2.46. The Kier molecular flexibility index (Phi) is 5.75. The summed E-state index contributed by atoms with van der Waals surface area (Å²) in [7, 11) is 0. The van der Waals surface area contributed by atoms with Gasteiger partial charge in [0.2, 0.25) is 5.75 Å². The van der Waals surface area contributed by atoms with Crippen molar-refractivity contribution in [2.24, 2.45) is 0 Å². The highest BCUT2D eigenvalue weighted by Gasteiger charge is 2.20. The van der Waals surface area contributed by atoms with Gasteiger partial charge in [-0.1, -0.05) is 17.7 Å². The molecule has 116 valence electrons. The molecule has 1 aliphatic rings. The van der Waals surface area contributed by atoms with Gasteiger partial charge in [0.25, 0.3) is 0 Å². The number of para-hydroxylation sites is 1. The number of halogens is 1. The maximum Gasteiger partial charge on any atom is 0.312 e. The first-order valence-electron chi connectivity index (χ1n) is 6.75. The number of hydrogen-bond acceptors (Lipinski definition) is 6. The quantitative estimate of drug-likeness (QED) is 0.599. The number of benzene rings is 1. The van der Waals surface area contributed by atoms with Gasteiger partial charge in [-0.05, 0) is 6.07 Å². The monoisotopic (exact) mass is 315 g/mol. The van der Waals surface area contributed by atoms with Crippen molar-refractivity contribution in [1.29, 1.82) is 0 Å². The summed E-state index contributed by atoms with van der Waals surface area (Å²) in [5.74, 6) is 0.00327. The highest BCUT2D eigenvalue weighted by Crippen LogP contribution is 2.34. The molecule has 21 heavy (non-hydrogen) atoms. The molecular formula is C13H18ClN3O4. The maximum atomic E-state index is 10.9. The molecule has 8 heteroatoms. The number of aliphatic hydroxyl groups is 1. The van der Waals surface area contributed by atoms with Crippen molar-refractivity contribution in [3.8, 4) is 5.75 Å². The van der Waals surface area contributed by atoms with Crippen LogP contribution in [0.5, 0.6) is 5.75 Å². The number of β-amino-alcohol motifs (C(OH)–C–C–N with tert-alkyl or cyclic N) is 1. The third-order valence-electron chi connectivity index (χ3n) is 3.24. The van der Waals surface area contributed by atoms with Crippen molar-refractivity contribution < 1.29 is 14.8 Å². The first-order valence-corrected chi connectivity index (χ1v) is 7.12. The van der Waals surface area contributed by atoms with Crippen molar-refractivity contribution in [3.63, 3.8) is 0 Å². The normalized spacial score (nSPS) is 17.4. The third-order valence-corrected chi connectivity index (χ3v) is 3.54. The zero-order valence-corrected chi connectivity index (χ0v) is 12.3. The van der Waals surface area contributed by atoms with E-state index in [-0.39, 0.29) is 23.1 Å². The smallest absolute Gasteiger partial charge is 0.312 e. The highest BCUT2D eigenvalue weighted by atomic mass is 35.5. The summed E-state index contributed by atoms with van der Waals surface area (Å²) in [6.07, 6.45) is -0.723. The molecule has 0 aromatic heterocycles. The first kappa shape index (κ1) is 16.0. The van der Waals surface area contributed by atoms with Gasteiger partial charge >= 0.3 is 5.69 Å². The largest absolute Gasteiger partial charge is 0.483 e. The lowest BCUT2D eigenvalue weighted by molar-refractivity contribution is -0.385. The Morgan fingerprint density at radius 1 is 1.48 bits per heavy atom. The van der Waals surface area contributed by atoms with Gasteiger partial charge in [-0.2, -0.15) is 0 Å². The van der Waals surface area contributed by atoms with Crippen molar-refractivity contribution in [2.75, 3.05) is 39.3 Å². The molecule has 0 aliphatic carbocycles. The van der Waals surface area contributed by atoms with Gasteiger partial charge in [0.1, 0.15) is 12.7 Å². The molecular weight excluding hydrogens is 298 g/mol. The molecule has 1 unspecified atom stereocenters. The summed E-state index contributed by atoms with van der Waals surface area (Å²) in [6, 6.07) is 4.33. The summed E-state index contributed by atoms with van der Waals surface area (Å²) in [5.41, 5.74) is -0.197. The van der Waals surface area contributed by atoms with Crippen LogP contribution in [0.2, 0.25) is 5.02 Å². The minimum absolute atomic E-state index is 0.00327. The molecule has 2 N–H and O–H groups in total. The number of aliphatic hydroxyl groups excluding tert-OH is 1. The Hall–Kier alpha value is -1.41. The molecule has 0 spiro atoms. The van der Waals surface area contributed by atoms with Gasteiger partial charge in [0, 0.05) is 38.8 Å². The number of nitro benzene ring substituents is 1. The number of nitrogens with one attached hydrogen (secondary N) is 1. The van der Waals surface area contributed by atoms with Crippen LogP contribution in [-0.4, -0.2) is 60.4 Å². The SMILES string of the molecule is O=[N+]([O-])c1cccc(Cl)c1OCC(O)CN1CCNCC1. The number of nitrogens with zero attached hydrogens (tertiary/aromatic N) is 2. The molecule has 1 heterocycles. The molecule has 0 saturated carbocycles. The standard InChI is InChI=1S/C13H18ClN3O4/c14-11-2-1-3-12(17(19)20)13(11)21-9-10(18)8-16-6-4-15-5-7-16/h1-3,10,15,18H,4-9H2. The molecule has 1 saturated heterocycles. The van der Waals surface area contributed by atoms with Crippen molar-refractivity contribution in [1.82, 2.24) is 10.2 Å². The first-order chi connectivity index (χ1) is 10.1. The molecule has 0 amide bonds. The predicted molar refractivity (Wildman–Crippen MR) is 78.9 cm³/mol. The van der Waals surface area contributed by atoms with Crippen molar-refractivity contribution in [2.45, 2.75) is 6.10 Å². The molecule has 7 nitrogen and oxygen atoms in total. The average molecular weight is 316 g/mol. The summed E-state index contributed by atoms with van der Waals surface area (Å²) in [4.78, 5) is 12.5. The lowest BCUT2D eigenvalue weighted by Crippen LogP contribution is -2.47. The zero-order chi connectivity index (χ0) is 15.2. The van der Waals surface area contributed by atoms with E-state index in [1.807, 2.05) is 0 Å². The van der Waals surface area contributed by atoms with Gasteiger partial charge < -0.3 is 15.2 Å². The Balaban J connectivity index is 1.91. The van der Waals surface area contributed by atoms with Crippen molar-refractivity contribution >= 4 is 17.3 Å². The van der Waals surface area contributed by atoms with Crippen LogP contribution in [0.25, 0.3) is 0 Å². The van der Waals surface area contributed by atoms with Crippen LogP contribution in [0.3, 0.4) is 0 Å². The lowest BCUT2D eigenvalue weighted by atomic mass is 10.2. The third kappa shape index (κ3) is 4.53. The number of hydrogen-bond donors (Lipinski definition) is 2. The molecule has 0 bridgehead atoms. The summed E-state index contributed by atoms with van der Waals surface area (Å²) in [5, 5.41) is 24.3. The van der Waals surface area contributed by atoms with E-state index in [0.29, 0.717) is 6.54 Å². The van der Waals surface area contributed by atoms with Gasteiger partial charge in [0.05, 0.1) is 9.95 Å². The predicted octanol–water partition coefficient (Wildman–Crippen LogP) is 0.893. The van der Waals surface area contributed by atoms with E-state index >= 15 is 0 Å². The van der Waals surface area contributed by atoms with Gasteiger partial charge in [0.15, 0.2) is 0 Å². The Bertz CT molecular complexity index is 494. The number of rotatable bonds is 6. The molecule has 1 aliphatic heterocycles. The van der Waals surface area contributed by atoms with Gasteiger partial charge in [-0.3, -0.25) is 15.0 Å². The van der Waals surface area contributed by atoms with Crippen LogP contribution >= 0.6 is 11.6 Å². The van der Waals surface area contributed by atoms with E-state index in [4.69, 9.17) is 16.3 Å². The fourth-order valence-electron chi connectivity index (χ4n) is 2.21. The molecule has 1 aromatic rings. The zero-order valence-electron chi connectivity index (χ0n) is 11.5. The summed E-state index contributed by atoms with van der Waals surface area (Å²) >= 11 is 5.92. The number of nitro groups is 1. The minimum atomic E-state index is -0.723. The maximum absolute atomic E-state index is 10.9. The van der Waals surface area contributed by atoms with E-state index in [9.17, 15) is 15.2 Å². The van der Waals surface area contributed by atoms with Crippen LogP contribution in [0.15, 0.2) is 18.2 Å². The second kappa shape index (κ2) is 7.56. The molecule has 1 atom stereocenters. The number of piperazine rings is 1. The van der Waals surface area contributed by atoms with E-state index in [1.165, 1.54) is 18.2 Å². The fourth-order valence-corrected chi connectivity index (χ4v) is 2.43. The van der Waals surface area contributed by atoms with Crippen molar-refractivity contribution in [3.05, 3.63) is 33.3 Å². The van der Waals surface area contributed by atoms with Crippen LogP contribution in [0, 0.1) is 10.1 Å². The van der Waals surface area contributed by atoms with E-state index in [1.54, 1.807) is 0 Å². The second-order valence-electron chi connectivity index (χ2n) is 4.86. The molecule has 1 fully saturated rings. The number of ether oxygens (including phenoxy) is 1. The Morgan fingerprint density at radius 3 is 2.86 bits per heavy atom. The lowest BCUT2D eigenvalue weighted by Gasteiger charge is -2.29. The summed E-state index contributed by atoms with van der Waals surface area (Å²) in [6.45, 7) is 3.95. The van der Waals surface area contributed by atoms with E-state index < -0.39 is 11.0 Å². The minimum Gasteiger partial charge on any atom is -0.483 e. The van der Waals surface area contributed by atoms with E-state index in [0.717, 1.165) is 26.2 Å². The fraction of sp³-hybridized carbons (Fsp3) is 0.538. The Labute approximate surface area is 127 Å². The van der Waals surface area contributed by atoms with Crippen LogP contribution in [-0.2, 0) is 0 Å². The molecule has 2 rings (SSSR count). The van der Waals surface area contributed by atoms with Crippen LogP contribution in [0.1, 0.15) is 0 Å². The van der Waals surface area contributed by atoms with Crippen LogP contribution in [0.4, 0.5) is 5.69 Å². The van der Waals surface area contributed by atoms with Gasteiger partial charge in [-0.15, -0.1) is 0 Å². The van der Waals surface area contributed by atoms with Crippen LogP contribution < -0.4 is 10.1 Å². The molecule has 1 aromatic carbocycles. The summed E-state index contributed by atoms with van der Waals surface area (Å²) < 4.78 is 5.37. The Morgan fingerprint density at radius 2 is 2.19 bits per heavy atom. The highest BCUT2D eigenvalue weighted by molar-refractivity contribution is 6.32.